The van der Waals surface area contributed by atoms with Crippen LogP contribution in [-0.2, 0) is 20.2 Å². The van der Waals surface area contributed by atoms with Crippen molar-refractivity contribution in [1.29, 1.82) is 0 Å². The monoisotopic (exact) mass is 690 g/mol. The molecule has 5 rings (SSSR count). The predicted molar refractivity (Wildman–Crippen MR) is 179 cm³/mol. The number of aryl methyl sites for hydroxylation is 1. The summed E-state index contributed by atoms with van der Waals surface area (Å²) in [5.74, 6) is -0.988. The molecule has 0 aliphatic heterocycles. The van der Waals surface area contributed by atoms with Crippen molar-refractivity contribution in [2.24, 2.45) is 30.7 Å². The van der Waals surface area contributed by atoms with E-state index in [1.165, 1.54) is 48.5 Å². The molecule has 17 nitrogen and oxygen atoms in total. The van der Waals surface area contributed by atoms with E-state index in [2.05, 4.69) is 30.7 Å². The molecule has 0 saturated carbocycles. The van der Waals surface area contributed by atoms with Gasteiger partial charge in [0.15, 0.2) is 5.75 Å². The fourth-order valence-electron chi connectivity index (χ4n) is 4.37. The second-order valence-corrected chi connectivity index (χ2v) is 13.0. The molecule has 0 saturated heterocycles. The molecule has 246 valence electrons. The van der Waals surface area contributed by atoms with E-state index in [0.29, 0.717) is 40.2 Å². The summed E-state index contributed by atoms with van der Waals surface area (Å²) in [6, 6.07) is 16.8. The summed E-state index contributed by atoms with van der Waals surface area (Å²) in [4.78, 5) is -1.92. The smallest absolute Gasteiger partial charge is 0.296 e. The van der Waals surface area contributed by atoms with Gasteiger partial charge in [-0.2, -0.15) is 32.2 Å². The van der Waals surface area contributed by atoms with Crippen LogP contribution in [0, 0.1) is 6.92 Å². The normalized spacial score (nSPS) is 12.6. The van der Waals surface area contributed by atoms with Gasteiger partial charge in [-0.3, -0.25) is 9.11 Å². The summed E-state index contributed by atoms with van der Waals surface area (Å²) >= 11 is 0. The van der Waals surface area contributed by atoms with E-state index >= 15 is 0 Å². The van der Waals surface area contributed by atoms with Crippen molar-refractivity contribution in [3.8, 4) is 5.75 Å². The number of hydrogen-bond donors (Lipinski definition) is 7. The van der Waals surface area contributed by atoms with E-state index in [1.807, 2.05) is 0 Å². The van der Waals surface area contributed by atoms with Crippen LogP contribution < -0.4 is 22.9 Å². The van der Waals surface area contributed by atoms with Gasteiger partial charge < -0.3 is 28.0 Å². The lowest BCUT2D eigenvalue weighted by atomic mass is 10.0. The summed E-state index contributed by atoms with van der Waals surface area (Å²) in [5.41, 5.74) is 25.5. The van der Waals surface area contributed by atoms with Gasteiger partial charge in [0, 0.05) is 16.8 Å². The van der Waals surface area contributed by atoms with E-state index in [9.17, 15) is 31.0 Å². The van der Waals surface area contributed by atoms with Crippen molar-refractivity contribution in [3.05, 3.63) is 78.4 Å². The number of nitrogens with zero attached hydrogens (tertiary/aromatic N) is 6. The summed E-state index contributed by atoms with van der Waals surface area (Å²) in [7, 11) is -10.2. The Labute approximate surface area is 272 Å². The highest BCUT2D eigenvalue weighted by Crippen LogP contribution is 2.48. The molecule has 0 amide bonds. The first-order valence-corrected chi connectivity index (χ1v) is 16.3. The molecule has 0 aromatic heterocycles. The number of benzene rings is 5. The zero-order chi connectivity index (χ0) is 35.0. The minimum absolute atomic E-state index is 0.148. The summed E-state index contributed by atoms with van der Waals surface area (Å²) in [6.07, 6.45) is 0. The molecule has 5 aromatic carbocycles. The van der Waals surface area contributed by atoms with Gasteiger partial charge in [-0.1, -0.05) is 0 Å². The molecule has 0 unspecified atom stereocenters. The van der Waals surface area contributed by atoms with E-state index in [1.54, 1.807) is 19.1 Å². The summed E-state index contributed by atoms with van der Waals surface area (Å²) in [6.45, 7) is 1.80. The van der Waals surface area contributed by atoms with Crippen LogP contribution >= 0.6 is 0 Å². The van der Waals surface area contributed by atoms with Gasteiger partial charge in [0.05, 0.1) is 33.8 Å². The van der Waals surface area contributed by atoms with E-state index < -0.39 is 52.2 Å². The Morgan fingerprint density at radius 3 is 1.62 bits per heavy atom. The molecule has 0 heterocycles. The number of rotatable bonds is 8. The van der Waals surface area contributed by atoms with Gasteiger partial charge >= 0.3 is 0 Å². The molecule has 0 bridgehead atoms. The lowest BCUT2D eigenvalue weighted by Crippen LogP contribution is -2.04. The molecular formula is C29H26N10O7S2. The molecule has 0 aliphatic carbocycles. The van der Waals surface area contributed by atoms with Crippen molar-refractivity contribution < 1.29 is 31.0 Å². The van der Waals surface area contributed by atoms with Gasteiger partial charge in [-0.05, 0) is 85.3 Å². The molecule has 19 heteroatoms. The first kappa shape index (κ1) is 33.3. The Hall–Kier alpha value is -6.02. The second kappa shape index (κ2) is 12.6. The van der Waals surface area contributed by atoms with Crippen LogP contribution in [0.25, 0.3) is 10.8 Å². The van der Waals surface area contributed by atoms with Gasteiger partial charge in [0.1, 0.15) is 26.9 Å². The Morgan fingerprint density at radius 1 is 0.583 bits per heavy atom. The number of fused-ring (bicyclic) bond motifs is 1. The minimum Gasteiger partial charge on any atom is -0.505 e. The van der Waals surface area contributed by atoms with Crippen molar-refractivity contribution in [3.63, 3.8) is 0 Å². The average Bonchev–Trinajstić information content (AvgIpc) is 3.01. The van der Waals surface area contributed by atoms with Gasteiger partial charge in [0.2, 0.25) is 0 Å². The fraction of sp³-hybridized carbons (Fsp3) is 0.0345. The molecular weight excluding hydrogens is 665 g/mol. The van der Waals surface area contributed by atoms with Crippen molar-refractivity contribution >= 4 is 87.9 Å². The number of phenols is 1. The Balaban J connectivity index is 1.59. The minimum atomic E-state index is -5.17. The zero-order valence-corrected chi connectivity index (χ0v) is 26.3. The van der Waals surface area contributed by atoms with Crippen LogP contribution in [0.3, 0.4) is 0 Å². The Bertz CT molecular complexity index is 2400. The maximum absolute atomic E-state index is 12.4. The lowest BCUT2D eigenvalue weighted by Gasteiger charge is -2.14. The Kier molecular flexibility index (Phi) is 8.78. The fourth-order valence-corrected chi connectivity index (χ4v) is 5.72. The first-order chi connectivity index (χ1) is 22.5. The van der Waals surface area contributed by atoms with Gasteiger partial charge in [-0.25, -0.2) is 0 Å². The second-order valence-electron chi connectivity index (χ2n) is 10.2. The third-order valence-corrected chi connectivity index (χ3v) is 8.60. The standard InChI is InChI=1S/C29H26N10O7S2/c1-14-10-22(21(32)12-20(14)31)37-34-17-6-8-18(9-7-17)36-39-28-25(48(44,45)46)11-19-24(47(41,42)43)13-23(27(33)26(19)29(28)40)38-35-16-4-2-15(30)3-5-16/h2-13,40H,30-33H2,1H3,(H,41,42,43)(H,44,45,46). The topological polar surface area (TPSA) is 307 Å². The van der Waals surface area contributed by atoms with Crippen LogP contribution in [0.5, 0.6) is 5.75 Å². The van der Waals surface area contributed by atoms with E-state index in [4.69, 9.17) is 22.9 Å². The number of azo groups is 3. The largest absolute Gasteiger partial charge is 0.505 e. The molecule has 0 aliphatic rings. The average molecular weight is 691 g/mol. The van der Waals surface area contributed by atoms with E-state index in [0.717, 1.165) is 11.6 Å². The molecule has 0 atom stereocenters. The first-order valence-electron chi connectivity index (χ1n) is 13.5. The number of anilines is 4. The van der Waals surface area contributed by atoms with Crippen molar-refractivity contribution in [2.45, 2.75) is 16.7 Å². The molecule has 0 spiro atoms. The highest BCUT2D eigenvalue weighted by Gasteiger charge is 2.28. The SMILES string of the molecule is Cc1cc(N=Nc2ccc(N=Nc3c(S(=O)(=O)O)cc4c(S(=O)(=O)O)cc(N=Nc5ccc(N)cc5)c(N)c4c3O)cc2)c(N)cc1N. The van der Waals surface area contributed by atoms with Gasteiger partial charge in [-0.15, -0.1) is 15.3 Å². The van der Waals surface area contributed by atoms with Crippen LogP contribution in [0.1, 0.15) is 5.56 Å². The predicted octanol–water partition coefficient (Wildman–Crippen LogP) is 6.92. The molecule has 11 N–H and O–H groups in total. The summed E-state index contributed by atoms with van der Waals surface area (Å²) < 4.78 is 69.4. The molecule has 0 fully saturated rings. The highest BCUT2D eigenvalue weighted by molar-refractivity contribution is 7.86. The number of nitrogen functional groups attached to an aromatic ring is 4. The lowest BCUT2D eigenvalue weighted by molar-refractivity contribution is 0.471. The van der Waals surface area contributed by atoms with Crippen LogP contribution in [-0.4, -0.2) is 31.0 Å². The zero-order valence-electron chi connectivity index (χ0n) is 24.7. The van der Waals surface area contributed by atoms with Gasteiger partial charge in [0.25, 0.3) is 20.2 Å². The maximum atomic E-state index is 12.4. The number of hydrogen-bond acceptors (Lipinski definition) is 15. The highest BCUT2D eigenvalue weighted by atomic mass is 32.2. The van der Waals surface area contributed by atoms with Crippen molar-refractivity contribution in [2.75, 3.05) is 22.9 Å². The van der Waals surface area contributed by atoms with E-state index in [-0.39, 0.29) is 17.1 Å². The summed E-state index contributed by atoms with van der Waals surface area (Å²) in [5, 5.41) is 34.2. The molecule has 48 heavy (non-hydrogen) atoms. The third-order valence-electron chi connectivity index (χ3n) is 6.84. The van der Waals surface area contributed by atoms with Crippen molar-refractivity contribution in [1.82, 2.24) is 0 Å². The molecule has 0 radical (unpaired) electrons. The maximum Gasteiger partial charge on any atom is 0.296 e. The number of aromatic hydroxyl groups is 1. The Morgan fingerprint density at radius 2 is 1.08 bits per heavy atom. The molecule has 5 aromatic rings. The van der Waals surface area contributed by atoms with Crippen LogP contribution in [0.15, 0.2) is 113 Å². The number of nitrogens with two attached hydrogens (primary N) is 4. The quantitative estimate of drug-likeness (QED) is 0.0497. The van der Waals surface area contributed by atoms with Crippen LogP contribution in [0.4, 0.5) is 56.9 Å². The van der Waals surface area contributed by atoms with Crippen LogP contribution in [0.2, 0.25) is 0 Å². The number of phenolic OH excluding ortho intramolecular Hbond substituents is 1. The third kappa shape index (κ3) is 7.03.